The molecular weight excluding hydrogens is 429 g/mol. The summed E-state index contributed by atoms with van der Waals surface area (Å²) in [6.45, 7) is 7.21. The van der Waals surface area contributed by atoms with Gasteiger partial charge < -0.3 is 20.4 Å². The van der Waals surface area contributed by atoms with E-state index in [9.17, 15) is 9.59 Å². The van der Waals surface area contributed by atoms with Crippen LogP contribution in [-0.4, -0.2) is 71.6 Å². The zero-order valence-corrected chi connectivity index (χ0v) is 19.2. The predicted octanol–water partition coefficient (Wildman–Crippen LogP) is 1.41. The van der Waals surface area contributed by atoms with Crippen LogP contribution in [0.5, 0.6) is 0 Å². The van der Waals surface area contributed by atoms with Gasteiger partial charge in [-0.25, -0.2) is 4.98 Å². The number of nitrogens with two attached hydrogens (primary N) is 1. The Morgan fingerprint density at radius 1 is 1.37 bits per heavy atom. The molecule has 10 heteroatoms. The highest BCUT2D eigenvalue weighted by atomic mass is 35.5. The molecule has 0 radical (unpaired) electrons. The predicted molar refractivity (Wildman–Crippen MR) is 122 cm³/mol. The summed E-state index contributed by atoms with van der Waals surface area (Å²) >= 11 is 0. The molecular formula is C20H31Cl2N5O3. The lowest BCUT2D eigenvalue weighted by Crippen LogP contribution is -2.51. The number of para-hydroxylation sites is 1. The Bertz CT molecular complexity index is 905. The lowest BCUT2D eigenvalue weighted by Gasteiger charge is -2.35. The molecule has 1 atom stereocenters. The molecule has 8 nitrogen and oxygen atoms in total. The number of carbonyl (C=O) groups is 1. The largest absolute Gasteiger partial charge is 0.366 e. The second-order valence-corrected chi connectivity index (χ2v) is 8.19. The minimum Gasteiger partial charge on any atom is -0.366 e. The molecule has 168 valence electrons. The van der Waals surface area contributed by atoms with Gasteiger partial charge in [0.25, 0.3) is 11.5 Å². The smallest absolute Gasteiger partial charge is 0.258 e. The Labute approximate surface area is 189 Å². The van der Waals surface area contributed by atoms with Gasteiger partial charge >= 0.3 is 0 Å². The van der Waals surface area contributed by atoms with E-state index in [0.717, 1.165) is 0 Å². The Morgan fingerprint density at radius 3 is 2.77 bits per heavy atom. The van der Waals surface area contributed by atoms with E-state index in [0.29, 0.717) is 56.1 Å². The van der Waals surface area contributed by atoms with Gasteiger partial charge in [0.1, 0.15) is 11.9 Å². The molecule has 1 aliphatic rings. The quantitative estimate of drug-likeness (QED) is 0.676. The van der Waals surface area contributed by atoms with E-state index in [-0.39, 0.29) is 41.7 Å². The van der Waals surface area contributed by atoms with E-state index in [1.54, 1.807) is 18.0 Å². The summed E-state index contributed by atoms with van der Waals surface area (Å²) in [5.74, 6) is 0.542. The Hall–Kier alpha value is -1.71. The van der Waals surface area contributed by atoms with E-state index in [1.165, 1.54) is 0 Å². The maximum Gasteiger partial charge on any atom is 0.258 e. The Morgan fingerprint density at radius 2 is 2.07 bits per heavy atom. The second kappa shape index (κ2) is 11.1. The molecule has 1 unspecified atom stereocenters. The molecule has 1 aromatic heterocycles. The molecule has 1 saturated heterocycles. The number of aromatic nitrogens is 2. The summed E-state index contributed by atoms with van der Waals surface area (Å²) in [4.78, 5) is 36.2. The summed E-state index contributed by atoms with van der Waals surface area (Å²) in [5.41, 5.74) is 6.16. The number of rotatable bonds is 6. The zero-order chi connectivity index (χ0) is 20.3. The molecule has 2 heterocycles. The van der Waals surface area contributed by atoms with E-state index in [1.807, 2.05) is 32.0 Å². The number of benzene rings is 1. The summed E-state index contributed by atoms with van der Waals surface area (Å²) < 4.78 is 5.71. The summed E-state index contributed by atoms with van der Waals surface area (Å²) in [7, 11) is 1.78. The maximum atomic E-state index is 12.8. The second-order valence-electron chi connectivity index (χ2n) is 8.19. The maximum absolute atomic E-state index is 12.8. The first-order valence-corrected chi connectivity index (χ1v) is 9.56. The molecule has 3 N–H and O–H groups in total. The number of nitrogens with one attached hydrogen (secondary N) is 1. The SMILES string of the molecule is CN(CC(C)(C)CN)C(=O)C1CN(Cc2nc3ccccc3c(=O)[nH]2)CCO1.Cl.Cl. The molecule has 0 spiro atoms. The zero-order valence-electron chi connectivity index (χ0n) is 17.6. The third-order valence-electron chi connectivity index (χ3n) is 5.06. The number of aromatic amines is 1. The van der Waals surface area contributed by atoms with Crippen LogP contribution in [0.3, 0.4) is 0 Å². The molecule has 1 aromatic carbocycles. The Balaban J connectivity index is 0.00000225. The summed E-state index contributed by atoms with van der Waals surface area (Å²) in [6, 6.07) is 7.27. The molecule has 0 bridgehead atoms. The van der Waals surface area contributed by atoms with Gasteiger partial charge in [-0.15, -0.1) is 24.8 Å². The number of hydrogen-bond donors (Lipinski definition) is 2. The highest BCUT2D eigenvalue weighted by Crippen LogP contribution is 2.17. The van der Waals surface area contributed by atoms with Crippen molar-refractivity contribution in [3.8, 4) is 0 Å². The van der Waals surface area contributed by atoms with Gasteiger partial charge in [0.2, 0.25) is 0 Å². The number of H-pyrrole nitrogens is 1. The van der Waals surface area contributed by atoms with Crippen molar-refractivity contribution in [2.75, 3.05) is 39.8 Å². The van der Waals surface area contributed by atoms with Gasteiger partial charge in [-0.1, -0.05) is 26.0 Å². The monoisotopic (exact) mass is 459 g/mol. The van der Waals surface area contributed by atoms with Crippen molar-refractivity contribution in [3.63, 3.8) is 0 Å². The Kier molecular flexibility index (Phi) is 9.71. The van der Waals surface area contributed by atoms with Crippen molar-refractivity contribution in [3.05, 3.63) is 40.4 Å². The van der Waals surface area contributed by atoms with Crippen LogP contribution in [0.2, 0.25) is 0 Å². The molecule has 3 rings (SSSR count). The van der Waals surface area contributed by atoms with E-state index in [2.05, 4.69) is 14.9 Å². The van der Waals surface area contributed by atoms with Gasteiger partial charge in [0, 0.05) is 26.7 Å². The number of amides is 1. The first-order valence-electron chi connectivity index (χ1n) is 9.56. The van der Waals surface area contributed by atoms with E-state index < -0.39 is 6.10 Å². The highest BCUT2D eigenvalue weighted by Gasteiger charge is 2.31. The normalized spacial score (nSPS) is 17.1. The van der Waals surface area contributed by atoms with Crippen molar-refractivity contribution in [2.45, 2.75) is 26.5 Å². The number of nitrogens with zero attached hydrogens (tertiary/aromatic N) is 3. The van der Waals surface area contributed by atoms with Crippen molar-refractivity contribution >= 4 is 41.6 Å². The minimum absolute atomic E-state index is 0. The van der Waals surface area contributed by atoms with Crippen LogP contribution < -0.4 is 11.3 Å². The van der Waals surface area contributed by atoms with Crippen LogP contribution in [0.4, 0.5) is 0 Å². The number of hydrogen-bond acceptors (Lipinski definition) is 6. The first kappa shape index (κ1) is 26.3. The molecule has 0 aliphatic carbocycles. The fourth-order valence-corrected chi connectivity index (χ4v) is 3.45. The van der Waals surface area contributed by atoms with Crippen LogP contribution in [0.25, 0.3) is 10.9 Å². The van der Waals surface area contributed by atoms with Gasteiger partial charge in [-0.2, -0.15) is 0 Å². The van der Waals surface area contributed by atoms with Gasteiger partial charge in [-0.3, -0.25) is 14.5 Å². The van der Waals surface area contributed by atoms with Crippen molar-refractivity contribution < 1.29 is 9.53 Å². The summed E-state index contributed by atoms with van der Waals surface area (Å²) in [5, 5.41) is 0.574. The first-order chi connectivity index (χ1) is 13.3. The molecule has 2 aromatic rings. The fourth-order valence-electron chi connectivity index (χ4n) is 3.45. The topological polar surface area (TPSA) is 105 Å². The van der Waals surface area contributed by atoms with Gasteiger partial charge in [-0.05, 0) is 24.1 Å². The van der Waals surface area contributed by atoms with Crippen molar-refractivity contribution in [2.24, 2.45) is 11.1 Å². The summed E-state index contributed by atoms with van der Waals surface area (Å²) in [6.07, 6.45) is -0.528. The molecule has 1 amide bonds. The number of carbonyl (C=O) groups excluding carboxylic acids is 1. The van der Waals surface area contributed by atoms with Crippen LogP contribution in [0.15, 0.2) is 29.1 Å². The highest BCUT2D eigenvalue weighted by molar-refractivity contribution is 5.85. The third kappa shape index (κ3) is 6.39. The van der Waals surface area contributed by atoms with E-state index in [4.69, 9.17) is 10.5 Å². The van der Waals surface area contributed by atoms with Crippen molar-refractivity contribution in [1.82, 2.24) is 19.8 Å². The average Bonchev–Trinajstić information content (AvgIpc) is 2.67. The molecule has 30 heavy (non-hydrogen) atoms. The number of morpholine rings is 1. The van der Waals surface area contributed by atoms with Crippen molar-refractivity contribution in [1.29, 1.82) is 0 Å². The minimum atomic E-state index is -0.528. The number of likely N-dealkylation sites (N-methyl/N-ethyl adjacent to an activating group) is 1. The van der Waals surface area contributed by atoms with Gasteiger partial charge in [0.05, 0.1) is 24.1 Å². The lowest BCUT2D eigenvalue weighted by atomic mass is 9.93. The third-order valence-corrected chi connectivity index (χ3v) is 5.06. The van der Waals surface area contributed by atoms with Crippen LogP contribution in [0.1, 0.15) is 19.7 Å². The standard InChI is InChI=1S/C20H29N5O3.2ClH/c1-20(2,12-21)13-24(3)19(27)16-10-25(8-9-28-16)11-17-22-15-7-5-4-6-14(15)18(26)23-17;;/h4-7,16H,8-13,21H2,1-3H3,(H,22,23,26);2*1H. The number of halogens is 2. The van der Waals surface area contributed by atoms with E-state index >= 15 is 0 Å². The molecule has 1 aliphatic heterocycles. The molecule has 0 saturated carbocycles. The van der Waals surface area contributed by atoms with Crippen LogP contribution in [0, 0.1) is 5.41 Å². The average molecular weight is 460 g/mol. The molecule has 1 fully saturated rings. The lowest BCUT2D eigenvalue weighted by molar-refractivity contribution is -0.149. The number of fused-ring (bicyclic) bond motifs is 1. The fraction of sp³-hybridized carbons (Fsp3) is 0.550. The van der Waals surface area contributed by atoms with Crippen LogP contribution >= 0.6 is 24.8 Å². The van der Waals surface area contributed by atoms with Crippen LogP contribution in [-0.2, 0) is 16.1 Å². The van der Waals surface area contributed by atoms with Gasteiger partial charge in [0.15, 0.2) is 0 Å². The number of ether oxygens (including phenoxy) is 1.